The van der Waals surface area contributed by atoms with Gasteiger partial charge in [0.2, 0.25) is 5.71 Å². The van der Waals surface area contributed by atoms with Gasteiger partial charge in [0.25, 0.3) is 0 Å². The van der Waals surface area contributed by atoms with Gasteiger partial charge in [-0.05, 0) is 19.1 Å². The monoisotopic (exact) mass is 233 g/mol. The van der Waals surface area contributed by atoms with Crippen LogP contribution < -0.4 is 11.1 Å². The van der Waals surface area contributed by atoms with E-state index in [2.05, 4.69) is 10.3 Å². The Morgan fingerprint density at radius 1 is 1.41 bits per heavy atom. The number of nitrogens with one attached hydrogen (secondary N) is 1. The molecule has 6 heteroatoms. The third-order valence-corrected chi connectivity index (χ3v) is 2.26. The number of fused-ring (bicyclic) bond motifs is 1. The molecule has 0 aromatic carbocycles. The lowest BCUT2D eigenvalue weighted by atomic mass is 10.2. The summed E-state index contributed by atoms with van der Waals surface area (Å²) in [6.45, 7) is 3.15. The van der Waals surface area contributed by atoms with Gasteiger partial charge in [-0.25, -0.2) is 9.78 Å². The number of pyridine rings is 1. The molecule has 0 spiro atoms. The van der Waals surface area contributed by atoms with Crippen LogP contribution in [-0.2, 0) is 0 Å². The lowest BCUT2D eigenvalue weighted by molar-refractivity contribution is 0.0990. The van der Waals surface area contributed by atoms with E-state index in [9.17, 15) is 9.59 Å². The smallest absolute Gasteiger partial charge is 0.316 e. The molecule has 0 saturated heterocycles. The third kappa shape index (κ3) is 1.96. The number of ketones is 1. The van der Waals surface area contributed by atoms with Crippen molar-refractivity contribution in [2.24, 2.45) is 5.73 Å². The number of nitrogens with zero attached hydrogens (tertiary/aromatic N) is 1. The molecule has 0 aliphatic carbocycles. The molecule has 2 amide bonds. The van der Waals surface area contributed by atoms with E-state index in [0.717, 1.165) is 5.69 Å². The van der Waals surface area contributed by atoms with E-state index in [4.69, 9.17) is 10.2 Å². The number of hydrogen-bond donors (Lipinski definition) is 2. The summed E-state index contributed by atoms with van der Waals surface area (Å²) in [6, 6.07) is 2.73. The summed E-state index contributed by atoms with van der Waals surface area (Å²) >= 11 is 0. The van der Waals surface area contributed by atoms with Gasteiger partial charge in [-0.2, -0.15) is 0 Å². The number of anilines is 1. The van der Waals surface area contributed by atoms with E-state index in [1.807, 2.05) is 0 Å². The fourth-order valence-electron chi connectivity index (χ4n) is 1.57. The van der Waals surface area contributed by atoms with Crippen LogP contribution in [0.25, 0.3) is 11.1 Å². The van der Waals surface area contributed by atoms with Gasteiger partial charge in [0.1, 0.15) is 5.69 Å². The molecule has 0 radical (unpaired) electrons. The van der Waals surface area contributed by atoms with Crippen LogP contribution in [0.1, 0.15) is 23.2 Å². The zero-order valence-electron chi connectivity index (χ0n) is 9.40. The summed E-state index contributed by atoms with van der Waals surface area (Å²) in [4.78, 5) is 26.4. The van der Waals surface area contributed by atoms with Gasteiger partial charge in [-0.3, -0.25) is 4.79 Å². The van der Waals surface area contributed by atoms with Crippen molar-refractivity contribution in [1.29, 1.82) is 0 Å². The van der Waals surface area contributed by atoms with Crippen molar-refractivity contribution >= 4 is 28.6 Å². The summed E-state index contributed by atoms with van der Waals surface area (Å²) in [5.74, 6) is -0.249. The number of aryl methyl sites for hydroxylation is 1. The number of aromatic nitrogens is 1. The molecule has 0 saturated carbocycles. The van der Waals surface area contributed by atoms with Crippen molar-refractivity contribution in [3.63, 3.8) is 0 Å². The molecule has 0 aliphatic rings. The zero-order chi connectivity index (χ0) is 12.6. The summed E-state index contributed by atoms with van der Waals surface area (Å²) in [7, 11) is 0. The number of Topliss-reactive ketones (excluding diaryl/α,β-unsaturated/α-hetero) is 1. The first-order valence-electron chi connectivity index (χ1n) is 4.96. The van der Waals surface area contributed by atoms with Gasteiger partial charge in [0, 0.05) is 12.6 Å². The Morgan fingerprint density at radius 3 is 2.71 bits per heavy atom. The number of furan rings is 1. The van der Waals surface area contributed by atoms with E-state index in [1.54, 1.807) is 19.1 Å². The number of carbonyl (C=O) groups excluding carboxylic acids is 2. The van der Waals surface area contributed by atoms with E-state index in [1.165, 1.54) is 6.92 Å². The molecule has 17 heavy (non-hydrogen) atoms. The van der Waals surface area contributed by atoms with Crippen LogP contribution in [-0.4, -0.2) is 16.8 Å². The van der Waals surface area contributed by atoms with Crippen molar-refractivity contribution < 1.29 is 14.0 Å². The van der Waals surface area contributed by atoms with E-state index < -0.39 is 6.03 Å². The molecule has 0 atom stereocenters. The van der Waals surface area contributed by atoms with Crippen molar-refractivity contribution in [1.82, 2.24) is 4.98 Å². The van der Waals surface area contributed by atoms with E-state index in [-0.39, 0.29) is 17.2 Å². The quantitative estimate of drug-likeness (QED) is 0.773. The topological polar surface area (TPSA) is 98.2 Å². The fraction of sp³-hybridized carbons (Fsp3) is 0.182. The van der Waals surface area contributed by atoms with E-state index >= 15 is 0 Å². The molecule has 0 fully saturated rings. The van der Waals surface area contributed by atoms with E-state index in [0.29, 0.717) is 11.1 Å². The highest BCUT2D eigenvalue weighted by Gasteiger charge is 2.19. The highest BCUT2D eigenvalue weighted by Crippen LogP contribution is 2.30. The summed E-state index contributed by atoms with van der Waals surface area (Å²) in [5.41, 5.74) is 6.38. The number of amides is 2. The number of rotatable bonds is 2. The Hall–Kier alpha value is -2.37. The van der Waals surface area contributed by atoms with Crippen LogP contribution in [0.15, 0.2) is 16.5 Å². The lowest BCUT2D eigenvalue weighted by Gasteiger charge is -1.99. The number of urea groups is 1. The molecule has 0 aliphatic heterocycles. The molecular weight excluding hydrogens is 222 g/mol. The number of carbonyl (C=O) groups is 2. The minimum absolute atomic E-state index is 0.0527. The van der Waals surface area contributed by atoms with Crippen molar-refractivity contribution in [3.05, 3.63) is 23.6 Å². The van der Waals surface area contributed by atoms with Crippen LogP contribution in [0.2, 0.25) is 0 Å². The van der Waals surface area contributed by atoms with Crippen molar-refractivity contribution in [3.8, 4) is 0 Å². The van der Waals surface area contributed by atoms with Crippen molar-refractivity contribution in [2.75, 3.05) is 5.32 Å². The Balaban J connectivity index is 2.71. The minimum Gasteiger partial charge on any atom is -0.432 e. The normalized spacial score (nSPS) is 10.5. The average Bonchev–Trinajstić information content (AvgIpc) is 2.55. The molecule has 0 unspecified atom stereocenters. The van der Waals surface area contributed by atoms with Gasteiger partial charge in [-0.1, -0.05) is 0 Å². The number of hydrogen-bond acceptors (Lipinski definition) is 4. The molecule has 6 nitrogen and oxygen atoms in total. The molecular formula is C11H11N3O3. The first-order valence-corrected chi connectivity index (χ1v) is 4.96. The maximum absolute atomic E-state index is 11.4. The van der Waals surface area contributed by atoms with Crippen LogP contribution in [0, 0.1) is 6.92 Å². The highest BCUT2D eigenvalue weighted by molar-refractivity contribution is 6.09. The Bertz CT molecular complexity index is 616. The predicted molar refractivity (Wildman–Crippen MR) is 62.0 cm³/mol. The largest absolute Gasteiger partial charge is 0.432 e. The van der Waals surface area contributed by atoms with Crippen LogP contribution in [0.3, 0.4) is 0 Å². The second-order valence-corrected chi connectivity index (χ2v) is 3.66. The maximum Gasteiger partial charge on any atom is 0.316 e. The van der Waals surface area contributed by atoms with Crippen LogP contribution >= 0.6 is 0 Å². The molecule has 2 heterocycles. The Labute approximate surface area is 96.8 Å². The molecule has 2 rings (SSSR count). The lowest BCUT2D eigenvalue weighted by Crippen LogP contribution is -2.20. The Kier molecular flexibility index (Phi) is 2.55. The average molecular weight is 233 g/mol. The standard InChI is InChI=1S/C11H11N3O3/c1-5-3-4-7-8(14-11(12)16)9(6(2)15)17-10(7)13-5/h3-4H,1-2H3,(H3,12,14,16). The van der Waals surface area contributed by atoms with Gasteiger partial charge < -0.3 is 15.5 Å². The number of primary amides is 1. The van der Waals surface area contributed by atoms with Gasteiger partial charge in [-0.15, -0.1) is 0 Å². The van der Waals surface area contributed by atoms with Crippen molar-refractivity contribution in [2.45, 2.75) is 13.8 Å². The van der Waals surface area contributed by atoms with Crippen LogP contribution in [0.4, 0.5) is 10.5 Å². The Morgan fingerprint density at radius 2 is 2.12 bits per heavy atom. The molecule has 3 N–H and O–H groups in total. The first-order chi connectivity index (χ1) is 7.99. The summed E-state index contributed by atoms with van der Waals surface area (Å²) in [6.07, 6.45) is 0. The zero-order valence-corrected chi connectivity index (χ0v) is 9.40. The third-order valence-electron chi connectivity index (χ3n) is 2.26. The molecule has 0 bridgehead atoms. The van der Waals surface area contributed by atoms with Gasteiger partial charge >= 0.3 is 6.03 Å². The van der Waals surface area contributed by atoms with Gasteiger partial charge in [0.05, 0.1) is 5.39 Å². The minimum atomic E-state index is -0.754. The fourth-order valence-corrected chi connectivity index (χ4v) is 1.57. The molecule has 2 aromatic heterocycles. The van der Waals surface area contributed by atoms with Gasteiger partial charge in [0.15, 0.2) is 11.5 Å². The second-order valence-electron chi connectivity index (χ2n) is 3.66. The SMILES string of the molecule is CC(=O)c1oc2nc(C)ccc2c1NC(N)=O. The molecule has 2 aromatic rings. The highest BCUT2D eigenvalue weighted by atomic mass is 16.4. The van der Waals surface area contributed by atoms with Crippen LogP contribution in [0.5, 0.6) is 0 Å². The summed E-state index contributed by atoms with van der Waals surface area (Å²) in [5, 5.41) is 2.94. The predicted octanol–water partition coefficient (Wildman–Crippen LogP) is 1.83. The number of nitrogens with two attached hydrogens (primary N) is 1. The second kappa shape index (κ2) is 3.89. The summed E-state index contributed by atoms with van der Waals surface area (Å²) < 4.78 is 5.31. The maximum atomic E-state index is 11.4. The first kappa shape index (κ1) is 11.1. The molecule has 88 valence electrons.